The summed E-state index contributed by atoms with van der Waals surface area (Å²) >= 11 is 0. The van der Waals surface area contributed by atoms with Gasteiger partial charge in [-0.25, -0.2) is 0 Å². The molecule has 4 heteroatoms. The Balaban J connectivity index is 3.19. The molecule has 17 heavy (non-hydrogen) atoms. The topological polar surface area (TPSA) is 57.6 Å². The number of carbonyl (C=O) groups is 2. The summed E-state index contributed by atoms with van der Waals surface area (Å²) in [6.45, 7) is 9.44. The molecule has 0 bridgehead atoms. The fraction of sp³-hybridized carbons (Fsp3) is 0.846. The number of piperidine rings is 1. The largest absolute Gasteiger partial charge is 0.480 e. The highest BCUT2D eigenvalue weighted by Gasteiger charge is 2.48. The van der Waals surface area contributed by atoms with E-state index in [-0.39, 0.29) is 16.9 Å². The normalized spacial score (nSPS) is 25.2. The maximum Gasteiger partial charge on any atom is 0.328 e. The molecule has 0 aliphatic carbocycles. The number of rotatable bonds is 3. The van der Waals surface area contributed by atoms with Crippen molar-refractivity contribution in [3.8, 4) is 0 Å². The first-order chi connectivity index (χ1) is 7.59. The molecule has 1 aliphatic heterocycles. The van der Waals surface area contributed by atoms with Gasteiger partial charge >= 0.3 is 5.97 Å². The number of nitrogens with zero attached hydrogens (tertiary/aromatic N) is 1. The maximum atomic E-state index is 11.6. The number of hydrogen-bond donors (Lipinski definition) is 1. The lowest BCUT2D eigenvalue weighted by Gasteiger charge is -2.54. The molecule has 1 unspecified atom stereocenters. The summed E-state index contributed by atoms with van der Waals surface area (Å²) in [5, 5.41) is 9.30. The van der Waals surface area contributed by atoms with Crippen molar-refractivity contribution in [1.29, 1.82) is 0 Å². The summed E-state index contributed by atoms with van der Waals surface area (Å²) in [5.74, 6) is -1.33. The molecule has 98 valence electrons. The van der Waals surface area contributed by atoms with Gasteiger partial charge in [0.2, 0.25) is 0 Å². The van der Waals surface area contributed by atoms with E-state index in [0.717, 1.165) is 19.3 Å². The Labute approximate surface area is 103 Å². The highest BCUT2D eigenvalue weighted by molar-refractivity contribution is 6.01. The third-order valence-electron chi connectivity index (χ3n) is 3.76. The van der Waals surface area contributed by atoms with E-state index in [9.17, 15) is 14.7 Å². The number of carboxylic acids is 1. The molecule has 1 rings (SSSR count). The van der Waals surface area contributed by atoms with Gasteiger partial charge in [-0.15, -0.1) is 0 Å². The molecule has 1 aliphatic rings. The van der Waals surface area contributed by atoms with Crippen LogP contribution in [0.1, 0.15) is 53.9 Å². The predicted octanol–water partition coefficient (Wildman–Crippen LogP) is 2.07. The molecule has 0 aromatic carbocycles. The molecule has 0 radical (unpaired) electrons. The Morgan fingerprint density at radius 2 is 1.53 bits per heavy atom. The highest BCUT2D eigenvalue weighted by atomic mass is 16.4. The van der Waals surface area contributed by atoms with E-state index in [1.807, 2.05) is 32.6 Å². The molecule has 1 saturated heterocycles. The Morgan fingerprint density at radius 1 is 1.12 bits per heavy atom. The highest BCUT2D eigenvalue weighted by Crippen LogP contribution is 2.39. The smallest absolute Gasteiger partial charge is 0.328 e. The van der Waals surface area contributed by atoms with Crippen molar-refractivity contribution >= 4 is 11.8 Å². The summed E-state index contributed by atoms with van der Waals surface area (Å²) in [7, 11) is 0. The summed E-state index contributed by atoms with van der Waals surface area (Å²) in [4.78, 5) is 24.9. The van der Waals surface area contributed by atoms with Crippen LogP contribution in [-0.2, 0) is 9.59 Å². The molecular formula is C13H23NO3. The molecule has 1 atom stereocenters. The van der Waals surface area contributed by atoms with E-state index in [1.165, 1.54) is 6.92 Å². The minimum absolute atomic E-state index is 0.253. The van der Waals surface area contributed by atoms with Crippen LogP contribution in [0.5, 0.6) is 0 Å². The number of likely N-dealkylation sites (tertiary alicyclic amines) is 1. The van der Waals surface area contributed by atoms with Crippen molar-refractivity contribution in [3.05, 3.63) is 0 Å². The third kappa shape index (κ3) is 2.68. The van der Waals surface area contributed by atoms with Gasteiger partial charge in [0.15, 0.2) is 11.8 Å². The van der Waals surface area contributed by atoms with Gasteiger partial charge in [-0.3, -0.25) is 14.5 Å². The zero-order valence-corrected chi connectivity index (χ0v) is 11.4. The zero-order chi connectivity index (χ0) is 13.4. The van der Waals surface area contributed by atoms with Crippen LogP contribution in [0.2, 0.25) is 0 Å². The lowest BCUT2D eigenvalue weighted by molar-refractivity contribution is -0.159. The van der Waals surface area contributed by atoms with E-state index in [4.69, 9.17) is 0 Å². The first-order valence-electron chi connectivity index (χ1n) is 6.12. The lowest BCUT2D eigenvalue weighted by atomic mass is 9.78. The second-order valence-corrected chi connectivity index (χ2v) is 6.20. The fourth-order valence-corrected chi connectivity index (χ4v) is 3.18. The minimum atomic E-state index is -1.04. The summed E-state index contributed by atoms with van der Waals surface area (Å²) < 4.78 is 0. The Hall–Kier alpha value is -0.900. The molecule has 0 saturated carbocycles. The van der Waals surface area contributed by atoms with Crippen LogP contribution in [0.3, 0.4) is 0 Å². The number of ketones is 1. The molecule has 0 amide bonds. The number of aliphatic carboxylic acids is 1. The van der Waals surface area contributed by atoms with E-state index in [1.54, 1.807) is 0 Å². The average Bonchev–Trinajstić information content (AvgIpc) is 2.09. The second kappa shape index (κ2) is 4.41. The van der Waals surface area contributed by atoms with Crippen molar-refractivity contribution < 1.29 is 14.7 Å². The molecule has 0 aromatic heterocycles. The molecular weight excluding hydrogens is 218 g/mol. The average molecular weight is 241 g/mol. The van der Waals surface area contributed by atoms with Crippen LogP contribution >= 0.6 is 0 Å². The number of hydrogen-bond acceptors (Lipinski definition) is 3. The third-order valence-corrected chi connectivity index (χ3v) is 3.76. The van der Waals surface area contributed by atoms with Gasteiger partial charge < -0.3 is 5.11 Å². The van der Waals surface area contributed by atoms with E-state index in [0.29, 0.717) is 0 Å². The molecule has 4 nitrogen and oxygen atoms in total. The van der Waals surface area contributed by atoms with Gasteiger partial charge in [0.25, 0.3) is 0 Å². The number of carboxylic acid groups (broad SMARTS) is 1. The first-order valence-corrected chi connectivity index (χ1v) is 6.12. The zero-order valence-electron chi connectivity index (χ0n) is 11.4. The van der Waals surface area contributed by atoms with Gasteiger partial charge in [0.1, 0.15) is 0 Å². The van der Waals surface area contributed by atoms with Gasteiger partial charge in [0.05, 0.1) is 0 Å². The van der Waals surface area contributed by atoms with Crippen LogP contribution in [0, 0.1) is 0 Å². The predicted molar refractivity (Wildman–Crippen MR) is 66.0 cm³/mol. The van der Waals surface area contributed by atoms with Gasteiger partial charge in [-0.05, 0) is 53.9 Å². The van der Waals surface area contributed by atoms with Crippen molar-refractivity contribution in [2.45, 2.75) is 71.0 Å². The van der Waals surface area contributed by atoms with Crippen LogP contribution < -0.4 is 0 Å². The van der Waals surface area contributed by atoms with Crippen molar-refractivity contribution in [2.24, 2.45) is 0 Å². The van der Waals surface area contributed by atoms with Gasteiger partial charge in [-0.2, -0.15) is 0 Å². The standard InChI is InChI=1S/C13H23NO3/c1-9(15)10(11(16)17)14-12(2,3)7-6-8-13(14,4)5/h10H,6-8H2,1-5H3,(H,16,17). The molecule has 0 aromatic rings. The summed E-state index contributed by atoms with van der Waals surface area (Å²) in [6, 6.07) is -1.03. The number of Topliss-reactive ketones (excluding diaryl/α,β-unsaturated/α-hetero) is 1. The van der Waals surface area contributed by atoms with Crippen molar-refractivity contribution in [1.82, 2.24) is 4.90 Å². The van der Waals surface area contributed by atoms with Crippen molar-refractivity contribution in [3.63, 3.8) is 0 Å². The van der Waals surface area contributed by atoms with E-state index in [2.05, 4.69) is 0 Å². The summed E-state index contributed by atoms with van der Waals surface area (Å²) in [6.07, 6.45) is 2.92. The Kier molecular flexibility index (Phi) is 3.67. The van der Waals surface area contributed by atoms with E-state index >= 15 is 0 Å². The van der Waals surface area contributed by atoms with Gasteiger partial charge in [0, 0.05) is 11.1 Å². The summed E-state index contributed by atoms with van der Waals surface area (Å²) in [5.41, 5.74) is -0.507. The quantitative estimate of drug-likeness (QED) is 0.768. The van der Waals surface area contributed by atoms with Gasteiger partial charge in [-0.1, -0.05) is 0 Å². The lowest BCUT2D eigenvalue weighted by Crippen LogP contribution is -2.66. The SMILES string of the molecule is CC(=O)C(C(=O)O)N1C(C)(C)CCCC1(C)C. The molecule has 1 N–H and O–H groups in total. The Morgan fingerprint density at radius 3 is 1.82 bits per heavy atom. The molecule has 1 heterocycles. The monoisotopic (exact) mass is 241 g/mol. The van der Waals surface area contributed by atoms with Crippen molar-refractivity contribution in [2.75, 3.05) is 0 Å². The second-order valence-electron chi connectivity index (χ2n) is 6.20. The van der Waals surface area contributed by atoms with Crippen LogP contribution in [-0.4, -0.2) is 38.9 Å². The first kappa shape index (κ1) is 14.2. The van der Waals surface area contributed by atoms with Crippen LogP contribution in [0.4, 0.5) is 0 Å². The van der Waals surface area contributed by atoms with Crippen LogP contribution in [0.25, 0.3) is 0 Å². The Bertz CT molecular complexity index is 304. The fourth-order valence-electron chi connectivity index (χ4n) is 3.18. The number of carbonyl (C=O) groups excluding carboxylic acids is 1. The minimum Gasteiger partial charge on any atom is -0.480 e. The maximum absolute atomic E-state index is 11.6. The van der Waals surface area contributed by atoms with Crippen LogP contribution in [0.15, 0.2) is 0 Å². The molecule has 1 fully saturated rings. The van der Waals surface area contributed by atoms with E-state index < -0.39 is 12.0 Å². The molecule has 0 spiro atoms.